The third kappa shape index (κ3) is 4.57. The first-order valence-corrected chi connectivity index (χ1v) is 7.36. The second-order valence-corrected chi connectivity index (χ2v) is 5.49. The van der Waals surface area contributed by atoms with Gasteiger partial charge in [-0.1, -0.05) is 17.7 Å². The summed E-state index contributed by atoms with van der Waals surface area (Å²) in [6.07, 6.45) is 0. The molecule has 0 aromatic heterocycles. The van der Waals surface area contributed by atoms with E-state index >= 15 is 0 Å². The first-order chi connectivity index (χ1) is 10.1. The Kier molecular flexibility index (Phi) is 5.34. The maximum atomic E-state index is 6.09. The van der Waals surface area contributed by atoms with Crippen molar-refractivity contribution in [2.45, 2.75) is 13.8 Å². The first-order valence-electron chi connectivity index (χ1n) is 6.98. The predicted octanol–water partition coefficient (Wildman–Crippen LogP) is 4.49. The highest BCUT2D eigenvalue weighted by molar-refractivity contribution is 6.32. The van der Waals surface area contributed by atoms with Crippen LogP contribution >= 0.6 is 11.6 Å². The fraction of sp³-hybridized carbons (Fsp3) is 0.294. The number of benzene rings is 2. The van der Waals surface area contributed by atoms with E-state index < -0.39 is 0 Å². The number of halogens is 1. The molecule has 0 saturated carbocycles. The van der Waals surface area contributed by atoms with Crippen molar-refractivity contribution in [3.63, 3.8) is 0 Å². The molecule has 0 fully saturated rings. The molecule has 0 heterocycles. The molecule has 2 aromatic rings. The highest BCUT2D eigenvalue weighted by Crippen LogP contribution is 2.27. The topological polar surface area (TPSA) is 33.3 Å². The Labute approximate surface area is 131 Å². The SMILES string of the molecule is COc1ccc(NCCNc2cc(C)cc(C)c2)cc1Cl. The van der Waals surface area contributed by atoms with Gasteiger partial charge in [-0.2, -0.15) is 0 Å². The molecule has 4 heteroatoms. The third-order valence-corrected chi connectivity index (χ3v) is 3.45. The van der Waals surface area contributed by atoms with Gasteiger partial charge >= 0.3 is 0 Å². The Bertz CT molecular complexity index is 593. The van der Waals surface area contributed by atoms with Gasteiger partial charge < -0.3 is 15.4 Å². The normalized spacial score (nSPS) is 10.3. The van der Waals surface area contributed by atoms with Gasteiger partial charge in [-0.05, 0) is 55.3 Å². The lowest BCUT2D eigenvalue weighted by atomic mass is 10.1. The third-order valence-electron chi connectivity index (χ3n) is 3.16. The zero-order valence-corrected chi connectivity index (χ0v) is 13.4. The maximum absolute atomic E-state index is 6.09. The summed E-state index contributed by atoms with van der Waals surface area (Å²) in [6, 6.07) is 12.2. The quantitative estimate of drug-likeness (QED) is 0.771. The van der Waals surface area contributed by atoms with Crippen molar-refractivity contribution in [3.05, 3.63) is 52.5 Å². The summed E-state index contributed by atoms with van der Waals surface area (Å²) >= 11 is 6.09. The zero-order valence-electron chi connectivity index (χ0n) is 12.7. The second kappa shape index (κ2) is 7.23. The van der Waals surface area contributed by atoms with Crippen LogP contribution in [0, 0.1) is 13.8 Å². The van der Waals surface area contributed by atoms with Gasteiger partial charge in [-0.25, -0.2) is 0 Å². The van der Waals surface area contributed by atoms with Crippen LogP contribution in [-0.2, 0) is 0 Å². The summed E-state index contributed by atoms with van der Waals surface area (Å²) in [5.41, 5.74) is 4.69. The van der Waals surface area contributed by atoms with E-state index in [-0.39, 0.29) is 0 Å². The molecule has 0 unspecified atom stereocenters. The Hall–Kier alpha value is -1.87. The standard InChI is InChI=1S/C17H21ClN2O/c1-12-8-13(2)10-15(9-12)20-7-6-19-14-4-5-17(21-3)16(18)11-14/h4-5,8-11,19-20H,6-7H2,1-3H3. The monoisotopic (exact) mass is 304 g/mol. The van der Waals surface area contributed by atoms with Crippen LogP contribution in [0.4, 0.5) is 11.4 Å². The van der Waals surface area contributed by atoms with Crippen molar-refractivity contribution in [3.8, 4) is 5.75 Å². The molecule has 0 saturated heterocycles. The summed E-state index contributed by atoms with van der Waals surface area (Å²) in [7, 11) is 1.61. The van der Waals surface area contributed by atoms with Gasteiger partial charge in [0.05, 0.1) is 12.1 Å². The lowest BCUT2D eigenvalue weighted by molar-refractivity contribution is 0.415. The number of hydrogen-bond acceptors (Lipinski definition) is 3. The molecule has 3 nitrogen and oxygen atoms in total. The average Bonchev–Trinajstić information content (AvgIpc) is 2.43. The number of aryl methyl sites for hydroxylation is 2. The van der Waals surface area contributed by atoms with E-state index in [1.165, 1.54) is 11.1 Å². The molecule has 2 N–H and O–H groups in total. The number of nitrogens with one attached hydrogen (secondary N) is 2. The highest BCUT2D eigenvalue weighted by atomic mass is 35.5. The van der Waals surface area contributed by atoms with Crippen LogP contribution in [0.25, 0.3) is 0 Å². The molecular formula is C17H21ClN2O. The van der Waals surface area contributed by atoms with E-state index in [1.807, 2.05) is 18.2 Å². The van der Waals surface area contributed by atoms with Gasteiger partial charge in [-0.15, -0.1) is 0 Å². The molecule has 0 radical (unpaired) electrons. The number of hydrogen-bond donors (Lipinski definition) is 2. The number of methoxy groups -OCH3 is 1. The minimum Gasteiger partial charge on any atom is -0.495 e. The molecule has 21 heavy (non-hydrogen) atoms. The molecule has 0 atom stereocenters. The van der Waals surface area contributed by atoms with E-state index in [4.69, 9.17) is 16.3 Å². The molecule has 2 aromatic carbocycles. The van der Waals surface area contributed by atoms with Gasteiger partial charge in [-0.3, -0.25) is 0 Å². The van der Waals surface area contributed by atoms with Crippen LogP contribution in [0.5, 0.6) is 5.75 Å². The minimum absolute atomic E-state index is 0.616. The van der Waals surface area contributed by atoms with Gasteiger partial charge in [0, 0.05) is 24.5 Å². The van der Waals surface area contributed by atoms with Crippen LogP contribution < -0.4 is 15.4 Å². The van der Waals surface area contributed by atoms with E-state index in [2.05, 4.69) is 42.7 Å². The van der Waals surface area contributed by atoms with Gasteiger partial charge in [0.1, 0.15) is 5.75 Å². The van der Waals surface area contributed by atoms with Crippen molar-refractivity contribution < 1.29 is 4.74 Å². The summed E-state index contributed by atoms with van der Waals surface area (Å²) in [5.74, 6) is 0.690. The smallest absolute Gasteiger partial charge is 0.137 e. The van der Waals surface area contributed by atoms with Crippen LogP contribution in [0.2, 0.25) is 5.02 Å². The second-order valence-electron chi connectivity index (χ2n) is 5.08. The molecule has 112 valence electrons. The summed E-state index contributed by atoms with van der Waals surface area (Å²) in [5, 5.41) is 7.36. The molecule has 2 rings (SSSR count). The van der Waals surface area contributed by atoms with E-state index in [9.17, 15) is 0 Å². The van der Waals surface area contributed by atoms with Crippen molar-refractivity contribution in [1.82, 2.24) is 0 Å². The molecular weight excluding hydrogens is 284 g/mol. The van der Waals surface area contributed by atoms with Crippen LogP contribution in [0.15, 0.2) is 36.4 Å². The molecule has 0 aliphatic carbocycles. The van der Waals surface area contributed by atoms with Crippen LogP contribution in [0.3, 0.4) is 0 Å². The van der Waals surface area contributed by atoms with E-state index in [0.717, 1.165) is 24.5 Å². The summed E-state index contributed by atoms with van der Waals surface area (Å²) in [4.78, 5) is 0. The summed E-state index contributed by atoms with van der Waals surface area (Å²) < 4.78 is 5.13. The van der Waals surface area contributed by atoms with Crippen molar-refractivity contribution >= 4 is 23.0 Å². The fourth-order valence-corrected chi connectivity index (χ4v) is 2.52. The average molecular weight is 305 g/mol. The fourth-order valence-electron chi connectivity index (χ4n) is 2.27. The lowest BCUT2D eigenvalue weighted by Crippen LogP contribution is -2.13. The largest absolute Gasteiger partial charge is 0.495 e. The summed E-state index contributed by atoms with van der Waals surface area (Å²) in [6.45, 7) is 5.87. The van der Waals surface area contributed by atoms with Crippen molar-refractivity contribution in [1.29, 1.82) is 0 Å². The zero-order chi connectivity index (χ0) is 15.2. The van der Waals surface area contributed by atoms with Crippen LogP contribution in [-0.4, -0.2) is 20.2 Å². The number of anilines is 2. The molecule has 0 aliphatic heterocycles. The first kappa shape index (κ1) is 15.5. The van der Waals surface area contributed by atoms with Crippen molar-refractivity contribution in [2.24, 2.45) is 0 Å². The minimum atomic E-state index is 0.616. The van der Waals surface area contributed by atoms with Gasteiger partial charge in [0.2, 0.25) is 0 Å². The van der Waals surface area contributed by atoms with Gasteiger partial charge in [0.25, 0.3) is 0 Å². The Morgan fingerprint density at radius 2 is 1.52 bits per heavy atom. The Balaban J connectivity index is 1.83. The maximum Gasteiger partial charge on any atom is 0.137 e. The Morgan fingerprint density at radius 1 is 0.905 bits per heavy atom. The molecule has 0 amide bonds. The predicted molar refractivity (Wildman–Crippen MR) is 90.9 cm³/mol. The van der Waals surface area contributed by atoms with Crippen molar-refractivity contribution in [2.75, 3.05) is 30.8 Å². The number of ether oxygens (including phenoxy) is 1. The lowest BCUT2D eigenvalue weighted by Gasteiger charge is -2.11. The van der Waals surface area contributed by atoms with Crippen LogP contribution in [0.1, 0.15) is 11.1 Å². The number of rotatable bonds is 6. The highest BCUT2D eigenvalue weighted by Gasteiger charge is 2.01. The van der Waals surface area contributed by atoms with Gasteiger partial charge in [0.15, 0.2) is 0 Å². The molecule has 0 aliphatic rings. The molecule has 0 spiro atoms. The molecule has 0 bridgehead atoms. The Morgan fingerprint density at radius 3 is 2.10 bits per heavy atom. The van der Waals surface area contributed by atoms with E-state index in [0.29, 0.717) is 10.8 Å². The van der Waals surface area contributed by atoms with E-state index in [1.54, 1.807) is 7.11 Å².